The minimum absolute atomic E-state index is 0.237. The molecule has 1 aliphatic rings. The zero-order valence-corrected chi connectivity index (χ0v) is 11.2. The molecule has 0 aromatic heterocycles. The Hall–Kier alpha value is -0.730. The molecule has 17 heavy (non-hydrogen) atoms. The average molecular weight is 254 g/mol. The van der Waals surface area contributed by atoms with E-state index in [9.17, 15) is 5.11 Å². The van der Waals surface area contributed by atoms with Crippen LogP contribution in [0.5, 0.6) is 5.75 Å². The van der Waals surface area contributed by atoms with Crippen LogP contribution in [0.2, 0.25) is 5.02 Å². The van der Waals surface area contributed by atoms with Gasteiger partial charge in [0.2, 0.25) is 0 Å². The van der Waals surface area contributed by atoms with Crippen LogP contribution >= 0.6 is 11.6 Å². The van der Waals surface area contributed by atoms with Gasteiger partial charge in [0.25, 0.3) is 0 Å². The first-order chi connectivity index (χ1) is 8.08. The number of rotatable bonds is 2. The Morgan fingerprint density at radius 2 is 2.00 bits per heavy atom. The first kappa shape index (κ1) is 12.7. The molecule has 0 saturated carbocycles. The van der Waals surface area contributed by atoms with Crippen LogP contribution in [-0.2, 0) is 0 Å². The SMILES string of the molecule is CC1CCN(C(C)c2cc(Cl)ccc2O)CC1. The Labute approximate surface area is 108 Å². The highest BCUT2D eigenvalue weighted by molar-refractivity contribution is 6.30. The monoisotopic (exact) mass is 253 g/mol. The summed E-state index contributed by atoms with van der Waals surface area (Å²) in [6.45, 7) is 6.66. The molecule has 1 fully saturated rings. The van der Waals surface area contributed by atoms with Gasteiger partial charge >= 0.3 is 0 Å². The fourth-order valence-electron chi connectivity index (χ4n) is 2.47. The quantitative estimate of drug-likeness (QED) is 0.866. The lowest BCUT2D eigenvalue weighted by atomic mass is 9.96. The summed E-state index contributed by atoms with van der Waals surface area (Å²) in [6.07, 6.45) is 2.48. The van der Waals surface area contributed by atoms with Gasteiger partial charge in [-0.1, -0.05) is 18.5 Å². The van der Waals surface area contributed by atoms with E-state index >= 15 is 0 Å². The smallest absolute Gasteiger partial charge is 0.120 e. The van der Waals surface area contributed by atoms with Crippen LogP contribution in [0.4, 0.5) is 0 Å². The molecule has 0 aliphatic carbocycles. The maximum atomic E-state index is 9.90. The molecule has 2 nitrogen and oxygen atoms in total. The summed E-state index contributed by atoms with van der Waals surface area (Å²) in [5.74, 6) is 1.17. The molecule has 1 atom stereocenters. The third-order valence-electron chi connectivity index (χ3n) is 3.81. The minimum atomic E-state index is 0.237. The predicted molar refractivity (Wildman–Crippen MR) is 71.5 cm³/mol. The fraction of sp³-hybridized carbons (Fsp3) is 0.571. The van der Waals surface area contributed by atoms with Crippen molar-refractivity contribution >= 4 is 11.6 Å². The molecule has 1 aromatic rings. The number of phenols is 1. The Balaban J connectivity index is 2.13. The van der Waals surface area contributed by atoms with E-state index < -0.39 is 0 Å². The van der Waals surface area contributed by atoms with Crippen LogP contribution in [0, 0.1) is 5.92 Å². The number of hydrogen-bond donors (Lipinski definition) is 1. The van der Waals surface area contributed by atoms with E-state index in [4.69, 9.17) is 11.6 Å². The molecule has 1 unspecified atom stereocenters. The van der Waals surface area contributed by atoms with Crippen molar-refractivity contribution in [3.05, 3.63) is 28.8 Å². The zero-order valence-electron chi connectivity index (χ0n) is 10.5. The Morgan fingerprint density at radius 1 is 1.35 bits per heavy atom. The first-order valence-electron chi connectivity index (χ1n) is 6.30. The molecule has 0 amide bonds. The maximum absolute atomic E-state index is 9.90. The van der Waals surface area contributed by atoms with Gasteiger partial charge in [0.05, 0.1) is 0 Å². The van der Waals surface area contributed by atoms with Gasteiger partial charge < -0.3 is 5.11 Å². The van der Waals surface area contributed by atoms with E-state index in [1.165, 1.54) is 12.8 Å². The number of piperidine rings is 1. The number of benzene rings is 1. The lowest BCUT2D eigenvalue weighted by Gasteiger charge is -2.35. The van der Waals surface area contributed by atoms with Gasteiger partial charge in [0.1, 0.15) is 5.75 Å². The van der Waals surface area contributed by atoms with Gasteiger partial charge in [0.15, 0.2) is 0 Å². The van der Waals surface area contributed by atoms with E-state index in [0.29, 0.717) is 10.8 Å². The van der Waals surface area contributed by atoms with Crippen molar-refractivity contribution in [1.29, 1.82) is 0 Å². The van der Waals surface area contributed by atoms with E-state index in [1.807, 2.05) is 6.07 Å². The van der Waals surface area contributed by atoms with Crippen molar-refractivity contribution in [1.82, 2.24) is 4.90 Å². The summed E-state index contributed by atoms with van der Waals surface area (Å²) in [4.78, 5) is 2.42. The fourth-order valence-corrected chi connectivity index (χ4v) is 2.65. The number of halogens is 1. The number of aromatic hydroxyl groups is 1. The summed E-state index contributed by atoms with van der Waals surface area (Å²) in [7, 11) is 0. The summed E-state index contributed by atoms with van der Waals surface area (Å²) in [5.41, 5.74) is 0.937. The minimum Gasteiger partial charge on any atom is -0.508 e. The Morgan fingerprint density at radius 3 is 2.65 bits per heavy atom. The molecule has 2 rings (SSSR count). The molecule has 1 heterocycles. The van der Waals surface area contributed by atoms with E-state index in [0.717, 1.165) is 24.6 Å². The molecule has 0 bridgehead atoms. The van der Waals surface area contributed by atoms with Gasteiger partial charge in [-0.3, -0.25) is 4.90 Å². The van der Waals surface area contributed by atoms with E-state index in [-0.39, 0.29) is 6.04 Å². The lowest BCUT2D eigenvalue weighted by Crippen LogP contribution is -2.35. The van der Waals surface area contributed by atoms with Gasteiger partial charge in [-0.05, 0) is 57.0 Å². The summed E-state index contributed by atoms with van der Waals surface area (Å²) in [6, 6.07) is 5.52. The molecular weight excluding hydrogens is 234 g/mol. The van der Waals surface area contributed by atoms with Crippen LogP contribution in [0.25, 0.3) is 0 Å². The van der Waals surface area contributed by atoms with E-state index in [1.54, 1.807) is 12.1 Å². The van der Waals surface area contributed by atoms with Gasteiger partial charge in [-0.25, -0.2) is 0 Å². The van der Waals surface area contributed by atoms with Crippen molar-refractivity contribution in [2.45, 2.75) is 32.7 Å². The molecule has 1 N–H and O–H groups in total. The molecule has 94 valence electrons. The van der Waals surface area contributed by atoms with Crippen LogP contribution in [0.1, 0.15) is 38.3 Å². The second-order valence-corrected chi connectivity index (χ2v) is 5.53. The van der Waals surface area contributed by atoms with E-state index in [2.05, 4.69) is 18.7 Å². The normalized spacial score (nSPS) is 20.4. The predicted octanol–water partition coefficient (Wildman–Crippen LogP) is 3.84. The largest absolute Gasteiger partial charge is 0.508 e. The second-order valence-electron chi connectivity index (χ2n) is 5.10. The lowest BCUT2D eigenvalue weighted by molar-refractivity contribution is 0.145. The highest BCUT2D eigenvalue weighted by Crippen LogP contribution is 2.33. The summed E-state index contributed by atoms with van der Waals surface area (Å²) < 4.78 is 0. The number of phenolic OH excluding ortho intramolecular Hbond substituents is 1. The van der Waals surface area contributed by atoms with Crippen molar-refractivity contribution in [2.24, 2.45) is 5.92 Å². The molecule has 0 radical (unpaired) electrons. The Bertz CT molecular complexity index is 386. The zero-order chi connectivity index (χ0) is 12.4. The number of likely N-dealkylation sites (tertiary alicyclic amines) is 1. The molecule has 0 spiro atoms. The van der Waals surface area contributed by atoms with Crippen LogP contribution in [-0.4, -0.2) is 23.1 Å². The first-order valence-corrected chi connectivity index (χ1v) is 6.68. The standard InChI is InChI=1S/C14H20ClNO/c1-10-5-7-16(8-6-10)11(2)13-9-12(15)3-4-14(13)17/h3-4,9-11,17H,5-8H2,1-2H3. The third-order valence-corrected chi connectivity index (χ3v) is 4.04. The molecule has 3 heteroatoms. The van der Waals surface area contributed by atoms with Gasteiger partial charge in [0, 0.05) is 16.6 Å². The molecular formula is C14H20ClNO. The Kier molecular flexibility index (Phi) is 3.95. The number of nitrogens with zero attached hydrogens (tertiary/aromatic N) is 1. The molecule has 1 aromatic carbocycles. The van der Waals surface area contributed by atoms with Crippen LogP contribution in [0.3, 0.4) is 0 Å². The molecule has 1 aliphatic heterocycles. The average Bonchev–Trinajstić information content (AvgIpc) is 2.32. The van der Waals surface area contributed by atoms with Crippen LogP contribution in [0.15, 0.2) is 18.2 Å². The van der Waals surface area contributed by atoms with Gasteiger partial charge in [-0.2, -0.15) is 0 Å². The summed E-state index contributed by atoms with van der Waals surface area (Å²) >= 11 is 5.99. The van der Waals surface area contributed by atoms with Gasteiger partial charge in [-0.15, -0.1) is 0 Å². The van der Waals surface area contributed by atoms with Crippen molar-refractivity contribution in [2.75, 3.05) is 13.1 Å². The number of hydrogen-bond acceptors (Lipinski definition) is 2. The van der Waals surface area contributed by atoms with Crippen LogP contribution < -0.4 is 0 Å². The summed E-state index contributed by atoms with van der Waals surface area (Å²) in [5, 5.41) is 10.6. The second kappa shape index (κ2) is 5.28. The molecule has 1 saturated heterocycles. The highest BCUT2D eigenvalue weighted by Gasteiger charge is 2.23. The topological polar surface area (TPSA) is 23.5 Å². The highest BCUT2D eigenvalue weighted by atomic mass is 35.5. The van der Waals surface area contributed by atoms with Crippen molar-refractivity contribution < 1.29 is 5.11 Å². The third kappa shape index (κ3) is 2.93. The van der Waals surface area contributed by atoms with Crippen molar-refractivity contribution in [3.8, 4) is 5.75 Å². The van der Waals surface area contributed by atoms with Crippen molar-refractivity contribution in [3.63, 3.8) is 0 Å². The maximum Gasteiger partial charge on any atom is 0.120 e.